The van der Waals surface area contributed by atoms with Crippen LogP contribution in [0.25, 0.3) is 0 Å². The third kappa shape index (κ3) is 4.68. The van der Waals surface area contributed by atoms with Crippen molar-refractivity contribution in [2.75, 3.05) is 0 Å². The molecule has 1 rings (SSSR count). The first-order valence-electron chi connectivity index (χ1n) is 5.31. The van der Waals surface area contributed by atoms with E-state index in [-0.39, 0.29) is 0 Å². The fourth-order valence-electron chi connectivity index (χ4n) is 1.52. The lowest BCUT2D eigenvalue weighted by atomic mass is 9.88. The Morgan fingerprint density at radius 3 is 2.13 bits per heavy atom. The first-order valence-corrected chi connectivity index (χ1v) is 5.31. The minimum Gasteiger partial charge on any atom is -0.497 e. The predicted molar refractivity (Wildman–Crippen MR) is 64.6 cm³/mol. The maximum atomic E-state index is 5.12. The van der Waals surface area contributed by atoms with Crippen LogP contribution in [0.5, 0.6) is 0 Å². The molecule has 0 atom stereocenters. The first kappa shape index (κ1) is 11.8. The third-order valence-corrected chi connectivity index (χ3v) is 2.13. The summed E-state index contributed by atoms with van der Waals surface area (Å²) in [6.45, 7) is 10.9. The highest BCUT2D eigenvalue weighted by Crippen LogP contribution is 2.20. The van der Waals surface area contributed by atoms with Crippen LogP contribution in [0.2, 0.25) is 0 Å². The van der Waals surface area contributed by atoms with E-state index < -0.39 is 0 Å². The van der Waals surface area contributed by atoms with Gasteiger partial charge >= 0.3 is 0 Å². The molecule has 1 aromatic carbocycles. The van der Waals surface area contributed by atoms with Crippen LogP contribution in [0.3, 0.4) is 0 Å². The van der Waals surface area contributed by atoms with Gasteiger partial charge in [-0.25, -0.2) is 0 Å². The summed E-state index contributed by atoms with van der Waals surface area (Å²) in [5.41, 5.74) is 2.91. The summed E-state index contributed by atoms with van der Waals surface area (Å²) in [5.74, 6) is 0. The lowest BCUT2D eigenvalue weighted by molar-refractivity contribution is 0.237. The Morgan fingerprint density at radius 1 is 1.13 bits per heavy atom. The van der Waals surface area contributed by atoms with Gasteiger partial charge in [0, 0.05) is 0 Å². The lowest BCUT2D eigenvalue weighted by Gasteiger charge is -2.18. The molecule has 0 amide bonds. The van der Waals surface area contributed by atoms with Gasteiger partial charge in [-0.2, -0.15) is 0 Å². The van der Waals surface area contributed by atoms with Crippen LogP contribution in [0.1, 0.15) is 31.9 Å². The van der Waals surface area contributed by atoms with E-state index in [2.05, 4.69) is 51.6 Å². The number of hydrogen-bond acceptors (Lipinski definition) is 1. The Morgan fingerprint density at radius 2 is 1.67 bits per heavy atom. The van der Waals surface area contributed by atoms with Gasteiger partial charge in [0.25, 0.3) is 0 Å². The van der Waals surface area contributed by atoms with Crippen LogP contribution >= 0.6 is 0 Å². The molecule has 0 bridgehead atoms. The summed E-state index contributed by atoms with van der Waals surface area (Å²) in [5, 5.41) is 0. The van der Waals surface area contributed by atoms with Gasteiger partial charge in [-0.1, -0.05) is 51.6 Å². The Labute approximate surface area is 92.8 Å². The molecule has 0 radical (unpaired) electrons. The molecule has 0 aromatic heterocycles. The van der Waals surface area contributed by atoms with Crippen molar-refractivity contribution in [3.05, 3.63) is 48.2 Å². The second-order valence-electron chi connectivity index (χ2n) is 5.03. The number of benzene rings is 1. The van der Waals surface area contributed by atoms with Crippen molar-refractivity contribution in [1.82, 2.24) is 0 Å². The molecule has 0 spiro atoms. The van der Waals surface area contributed by atoms with Crippen LogP contribution in [0, 0.1) is 5.41 Å². The Balaban J connectivity index is 2.60. The largest absolute Gasteiger partial charge is 0.497 e. The Hall–Kier alpha value is -1.24. The highest BCUT2D eigenvalue weighted by Gasteiger charge is 2.10. The van der Waals surface area contributed by atoms with Crippen molar-refractivity contribution < 1.29 is 4.74 Å². The molecule has 0 heterocycles. The molecule has 0 saturated carbocycles. The van der Waals surface area contributed by atoms with Gasteiger partial charge < -0.3 is 4.74 Å². The second kappa shape index (κ2) is 5.01. The Bertz CT molecular complexity index is 303. The molecule has 82 valence electrons. The van der Waals surface area contributed by atoms with Crippen molar-refractivity contribution in [2.45, 2.75) is 33.8 Å². The van der Waals surface area contributed by atoms with Crippen molar-refractivity contribution in [1.29, 1.82) is 0 Å². The van der Waals surface area contributed by atoms with Gasteiger partial charge in [0.2, 0.25) is 0 Å². The Kier molecular flexibility index (Phi) is 3.96. The number of ether oxygens (including phenoxy) is 1. The van der Waals surface area contributed by atoms with E-state index in [1.165, 1.54) is 17.4 Å². The molecular weight excluding hydrogens is 184 g/mol. The SMILES string of the molecule is C=COCc1ccc(CC(C)(C)C)cc1. The molecule has 0 fully saturated rings. The molecule has 15 heavy (non-hydrogen) atoms. The van der Waals surface area contributed by atoms with E-state index in [0.29, 0.717) is 12.0 Å². The topological polar surface area (TPSA) is 9.23 Å². The molecule has 0 aliphatic heterocycles. The van der Waals surface area contributed by atoms with Gasteiger partial charge in [0.05, 0.1) is 6.26 Å². The second-order valence-corrected chi connectivity index (χ2v) is 5.03. The van der Waals surface area contributed by atoms with Gasteiger partial charge in [-0.05, 0) is 23.0 Å². The van der Waals surface area contributed by atoms with Crippen molar-refractivity contribution >= 4 is 0 Å². The molecule has 1 nitrogen and oxygen atoms in total. The van der Waals surface area contributed by atoms with E-state index in [9.17, 15) is 0 Å². The van der Waals surface area contributed by atoms with Crippen molar-refractivity contribution in [3.63, 3.8) is 0 Å². The zero-order valence-electron chi connectivity index (χ0n) is 9.92. The van der Waals surface area contributed by atoms with Gasteiger partial charge in [0.15, 0.2) is 0 Å². The van der Waals surface area contributed by atoms with Crippen molar-refractivity contribution in [2.24, 2.45) is 5.41 Å². The zero-order valence-corrected chi connectivity index (χ0v) is 9.92. The minimum atomic E-state index is 0.346. The summed E-state index contributed by atoms with van der Waals surface area (Å²) < 4.78 is 5.12. The molecular formula is C14H20O. The smallest absolute Gasteiger partial charge is 0.112 e. The van der Waals surface area contributed by atoms with Crippen LogP contribution in [0.15, 0.2) is 37.1 Å². The third-order valence-electron chi connectivity index (χ3n) is 2.13. The molecule has 0 aliphatic rings. The quantitative estimate of drug-likeness (QED) is 0.675. The van der Waals surface area contributed by atoms with E-state index in [4.69, 9.17) is 4.74 Å². The zero-order chi connectivity index (χ0) is 11.3. The van der Waals surface area contributed by atoms with Gasteiger partial charge in [-0.3, -0.25) is 0 Å². The van der Waals surface area contributed by atoms with Gasteiger partial charge in [0.1, 0.15) is 6.61 Å². The van der Waals surface area contributed by atoms with E-state index in [1.54, 1.807) is 0 Å². The average molecular weight is 204 g/mol. The predicted octanol–water partition coefficient (Wildman–Crippen LogP) is 3.94. The van der Waals surface area contributed by atoms with E-state index >= 15 is 0 Å². The first-order chi connectivity index (χ1) is 7.01. The van der Waals surface area contributed by atoms with Gasteiger partial charge in [-0.15, -0.1) is 0 Å². The summed E-state index contributed by atoms with van der Waals surface area (Å²) >= 11 is 0. The molecule has 0 N–H and O–H groups in total. The van der Waals surface area contributed by atoms with Crippen LogP contribution in [0.4, 0.5) is 0 Å². The molecule has 0 aliphatic carbocycles. The summed E-state index contributed by atoms with van der Waals surface area (Å²) in [7, 11) is 0. The molecule has 1 heteroatoms. The number of rotatable bonds is 4. The molecule has 0 unspecified atom stereocenters. The van der Waals surface area contributed by atoms with E-state index in [1.807, 2.05) is 0 Å². The average Bonchev–Trinajstić information content (AvgIpc) is 2.14. The maximum Gasteiger partial charge on any atom is 0.112 e. The maximum absolute atomic E-state index is 5.12. The standard InChI is InChI=1S/C14H20O/c1-5-15-11-13-8-6-12(7-9-13)10-14(2,3)4/h5-9H,1,10-11H2,2-4H3. The fraction of sp³-hybridized carbons (Fsp3) is 0.429. The van der Waals surface area contributed by atoms with E-state index in [0.717, 1.165) is 6.42 Å². The normalized spacial score (nSPS) is 11.1. The number of hydrogen-bond donors (Lipinski definition) is 0. The van der Waals surface area contributed by atoms with Crippen LogP contribution < -0.4 is 0 Å². The highest BCUT2D eigenvalue weighted by atomic mass is 16.5. The molecule has 0 saturated heterocycles. The van der Waals surface area contributed by atoms with Crippen molar-refractivity contribution in [3.8, 4) is 0 Å². The summed E-state index contributed by atoms with van der Waals surface area (Å²) in [6.07, 6.45) is 2.58. The highest BCUT2D eigenvalue weighted by molar-refractivity contribution is 5.22. The minimum absolute atomic E-state index is 0.346. The van der Waals surface area contributed by atoms with Crippen LogP contribution in [-0.2, 0) is 17.8 Å². The monoisotopic (exact) mass is 204 g/mol. The summed E-state index contributed by atoms with van der Waals surface area (Å²) in [4.78, 5) is 0. The fourth-order valence-corrected chi connectivity index (χ4v) is 1.52. The summed E-state index contributed by atoms with van der Waals surface area (Å²) in [6, 6.07) is 8.58. The lowest BCUT2D eigenvalue weighted by Crippen LogP contribution is -2.08. The molecule has 1 aromatic rings. The van der Waals surface area contributed by atoms with Crippen LogP contribution in [-0.4, -0.2) is 0 Å².